The summed E-state index contributed by atoms with van der Waals surface area (Å²) >= 11 is 0. The van der Waals surface area contributed by atoms with Gasteiger partial charge in [-0.05, 0) is 0 Å². The lowest BCUT2D eigenvalue weighted by molar-refractivity contribution is 0.122. The lowest BCUT2D eigenvalue weighted by Crippen LogP contribution is -2.39. The van der Waals surface area contributed by atoms with Crippen molar-refractivity contribution in [1.29, 1.82) is 0 Å². The molecule has 0 amide bonds. The molecular weight excluding hydrogens is 272 g/mol. The normalized spacial score (nSPS) is 15.2. The van der Waals surface area contributed by atoms with Crippen molar-refractivity contribution in [2.24, 2.45) is 0 Å². The zero-order valence-electron chi connectivity index (χ0n) is 12.1. The van der Waals surface area contributed by atoms with Crippen LogP contribution >= 0.6 is 0 Å². The number of imidazole rings is 2. The van der Waals surface area contributed by atoms with Crippen molar-refractivity contribution in [2.45, 2.75) is 0 Å². The van der Waals surface area contributed by atoms with Crippen molar-refractivity contribution in [3.05, 3.63) is 24.9 Å². The fraction of sp³-hybridized carbons (Fsp3) is 0.462. The Balaban J connectivity index is 1.99. The standard InChI is InChI=1S/C13H18N6O2/c1-16(2)11-9-19(13(20)18-4-3-14-10-18)12(15-11)17-5-7-21-8-6-17/h3-4,9-10H,5-8H2,1-2H3. The predicted octanol–water partition coefficient (Wildman–Crippen LogP) is 0.499. The molecule has 0 spiro atoms. The fourth-order valence-electron chi connectivity index (χ4n) is 2.20. The minimum Gasteiger partial charge on any atom is -0.378 e. The minimum atomic E-state index is -0.199. The van der Waals surface area contributed by atoms with Crippen LogP contribution in [0.5, 0.6) is 0 Å². The summed E-state index contributed by atoms with van der Waals surface area (Å²) in [7, 11) is 3.80. The Bertz CT molecular complexity index is 613. The van der Waals surface area contributed by atoms with Crippen molar-refractivity contribution in [3.63, 3.8) is 0 Å². The van der Waals surface area contributed by atoms with Crippen LogP contribution in [0.1, 0.15) is 0 Å². The van der Waals surface area contributed by atoms with Crippen LogP contribution in [0.15, 0.2) is 24.9 Å². The van der Waals surface area contributed by atoms with Gasteiger partial charge in [0.25, 0.3) is 0 Å². The number of anilines is 2. The third-order valence-electron chi connectivity index (χ3n) is 3.36. The number of morpholine rings is 1. The van der Waals surface area contributed by atoms with Crippen LogP contribution in [0.2, 0.25) is 0 Å². The van der Waals surface area contributed by atoms with Crippen LogP contribution in [0.25, 0.3) is 0 Å². The highest BCUT2D eigenvalue weighted by Gasteiger charge is 2.22. The van der Waals surface area contributed by atoms with Gasteiger partial charge in [0.15, 0.2) is 0 Å². The SMILES string of the molecule is CN(C)c1cn(C(=O)n2ccnc2)c(N2CCOCC2)n1. The zero-order valence-corrected chi connectivity index (χ0v) is 12.1. The molecule has 0 bridgehead atoms. The highest BCUT2D eigenvalue weighted by molar-refractivity contribution is 5.83. The van der Waals surface area contributed by atoms with E-state index in [4.69, 9.17) is 4.74 Å². The van der Waals surface area contributed by atoms with E-state index in [9.17, 15) is 4.79 Å². The lowest BCUT2D eigenvalue weighted by atomic mass is 10.4. The van der Waals surface area contributed by atoms with Crippen molar-refractivity contribution >= 4 is 17.8 Å². The molecule has 112 valence electrons. The summed E-state index contributed by atoms with van der Waals surface area (Å²) in [5.74, 6) is 1.38. The first-order chi connectivity index (χ1) is 10.2. The summed E-state index contributed by atoms with van der Waals surface area (Å²) in [6.07, 6.45) is 6.44. The van der Waals surface area contributed by atoms with Crippen molar-refractivity contribution in [3.8, 4) is 0 Å². The second-order valence-electron chi connectivity index (χ2n) is 5.02. The molecule has 0 unspecified atom stereocenters. The Morgan fingerprint density at radius 3 is 2.71 bits per heavy atom. The first kappa shape index (κ1) is 13.6. The Kier molecular flexibility index (Phi) is 3.61. The summed E-state index contributed by atoms with van der Waals surface area (Å²) in [4.78, 5) is 25.0. The molecule has 21 heavy (non-hydrogen) atoms. The number of rotatable bonds is 2. The molecule has 1 aliphatic heterocycles. The quantitative estimate of drug-likeness (QED) is 0.802. The number of aromatic nitrogens is 4. The van der Waals surface area contributed by atoms with Gasteiger partial charge in [0.2, 0.25) is 5.95 Å². The van der Waals surface area contributed by atoms with E-state index in [0.29, 0.717) is 19.2 Å². The molecule has 1 fully saturated rings. The maximum atomic E-state index is 12.6. The summed E-state index contributed by atoms with van der Waals surface area (Å²) < 4.78 is 8.35. The van der Waals surface area contributed by atoms with Crippen LogP contribution in [-0.2, 0) is 4.74 Å². The number of hydrogen-bond acceptors (Lipinski definition) is 6. The smallest absolute Gasteiger partial charge is 0.340 e. The average molecular weight is 290 g/mol. The summed E-state index contributed by atoms with van der Waals surface area (Å²) in [6.45, 7) is 2.73. The third kappa shape index (κ3) is 2.62. The molecule has 3 heterocycles. The van der Waals surface area contributed by atoms with Crippen LogP contribution in [-0.4, -0.2) is 65.5 Å². The van der Waals surface area contributed by atoms with Crippen molar-refractivity contribution in [1.82, 2.24) is 19.1 Å². The number of ether oxygens (including phenoxy) is 1. The minimum absolute atomic E-state index is 0.199. The van der Waals surface area contributed by atoms with E-state index in [2.05, 4.69) is 14.9 Å². The molecule has 8 heteroatoms. The number of hydrogen-bond donors (Lipinski definition) is 0. The summed E-state index contributed by atoms with van der Waals surface area (Å²) in [5.41, 5.74) is 0. The van der Waals surface area contributed by atoms with E-state index in [1.165, 1.54) is 10.9 Å². The lowest BCUT2D eigenvalue weighted by Gasteiger charge is -2.27. The van der Waals surface area contributed by atoms with Gasteiger partial charge in [-0.1, -0.05) is 0 Å². The predicted molar refractivity (Wildman–Crippen MR) is 78.0 cm³/mol. The van der Waals surface area contributed by atoms with E-state index >= 15 is 0 Å². The van der Waals surface area contributed by atoms with E-state index in [1.54, 1.807) is 23.2 Å². The largest absolute Gasteiger partial charge is 0.378 e. The van der Waals surface area contributed by atoms with Gasteiger partial charge in [0.1, 0.15) is 12.1 Å². The highest BCUT2D eigenvalue weighted by atomic mass is 16.5. The van der Waals surface area contributed by atoms with Gasteiger partial charge >= 0.3 is 6.03 Å². The molecule has 2 aromatic rings. The van der Waals surface area contributed by atoms with Crippen LogP contribution < -0.4 is 9.80 Å². The molecular formula is C13H18N6O2. The number of carbonyl (C=O) groups excluding carboxylic acids is 1. The first-order valence-corrected chi connectivity index (χ1v) is 6.79. The Hall–Kier alpha value is -2.35. The summed E-state index contributed by atoms with van der Waals surface area (Å²) in [5, 5.41) is 0. The average Bonchev–Trinajstić information content (AvgIpc) is 3.17. The van der Waals surface area contributed by atoms with E-state index < -0.39 is 0 Å². The topological polar surface area (TPSA) is 68.4 Å². The molecule has 0 saturated carbocycles. The van der Waals surface area contributed by atoms with E-state index in [-0.39, 0.29) is 6.03 Å². The van der Waals surface area contributed by atoms with E-state index in [0.717, 1.165) is 18.9 Å². The molecule has 1 saturated heterocycles. The fourth-order valence-corrected chi connectivity index (χ4v) is 2.20. The summed E-state index contributed by atoms with van der Waals surface area (Å²) in [6, 6.07) is -0.199. The van der Waals surface area contributed by atoms with Crippen LogP contribution in [0, 0.1) is 0 Å². The molecule has 0 aliphatic carbocycles. The number of nitrogens with zero attached hydrogens (tertiary/aromatic N) is 6. The van der Waals surface area contributed by atoms with Crippen molar-refractivity contribution < 1.29 is 9.53 Å². The molecule has 8 nitrogen and oxygen atoms in total. The van der Waals surface area contributed by atoms with Gasteiger partial charge in [-0.3, -0.25) is 4.57 Å². The molecule has 0 aromatic carbocycles. The van der Waals surface area contributed by atoms with Crippen LogP contribution in [0.3, 0.4) is 0 Å². The first-order valence-electron chi connectivity index (χ1n) is 6.79. The zero-order chi connectivity index (χ0) is 14.8. The maximum absolute atomic E-state index is 12.6. The molecule has 2 aromatic heterocycles. The van der Waals surface area contributed by atoms with Crippen LogP contribution in [0.4, 0.5) is 16.6 Å². The number of carbonyl (C=O) groups is 1. The maximum Gasteiger partial charge on any atom is 0.340 e. The molecule has 0 N–H and O–H groups in total. The Morgan fingerprint density at radius 1 is 1.33 bits per heavy atom. The van der Waals surface area contributed by atoms with Gasteiger partial charge in [-0.15, -0.1) is 0 Å². The van der Waals surface area contributed by atoms with Gasteiger partial charge in [-0.25, -0.2) is 14.3 Å². The van der Waals surface area contributed by atoms with Crippen molar-refractivity contribution in [2.75, 3.05) is 50.2 Å². The molecule has 0 radical (unpaired) electrons. The third-order valence-corrected chi connectivity index (χ3v) is 3.36. The second-order valence-corrected chi connectivity index (χ2v) is 5.02. The highest BCUT2D eigenvalue weighted by Crippen LogP contribution is 2.21. The van der Waals surface area contributed by atoms with Gasteiger partial charge in [0.05, 0.1) is 19.4 Å². The van der Waals surface area contributed by atoms with E-state index in [1.807, 2.05) is 19.0 Å². The van der Waals surface area contributed by atoms with Gasteiger partial charge in [0, 0.05) is 39.6 Å². The van der Waals surface area contributed by atoms with Gasteiger partial charge in [-0.2, -0.15) is 4.98 Å². The molecule has 1 aliphatic rings. The monoisotopic (exact) mass is 290 g/mol. The molecule has 0 atom stereocenters. The molecule has 3 rings (SSSR count). The Labute approximate surface area is 122 Å². The second kappa shape index (κ2) is 5.57. The Morgan fingerprint density at radius 2 is 2.10 bits per heavy atom. The van der Waals surface area contributed by atoms with Gasteiger partial charge < -0.3 is 14.5 Å².